The minimum absolute atomic E-state index is 0.0718. The number of halogens is 2. The molecule has 3 rings (SSSR count). The maximum Gasteiger partial charge on any atom is 0.329 e. The third kappa shape index (κ3) is 4.60. The molecule has 0 saturated carbocycles. The number of hydrogen-bond acceptors (Lipinski definition) is 6. The molecule has 1 amide bonds. The number of carboxylic acids is 1. The number of anilines is 1. The summed E-state index contributed by atoms with van der Waals surface area (Å²) in [5.74, 6) is -2.83. The van der Waals surface area contributed by atoms with Crippen LogP contribution < -0.4 is 4.90 Å². The number of fused-ring (bicyclic) bond motifs is 1. The molecule has 2 aliphatic rings. The number of ether oxygens (including phenoxy) is 1. The fourth-order valence-electron chi connectivity index (χ4n) is 2.87. The molecular weight excluding hydrogens is 423 g/mol. The van der Waals surface area contributed by atoms with Crippen LogP contribution in [0, 0.1) is 5.82 Å². The van der Waals surface area contributed by atoms with Gasteiger partial charge in [0.05, 0.1) is 22.6 Å². The molecule has 2 saturated heterocycles. The highest BCUT2D eigenvalue weighted by atomic mass is 35.5. The Morgan fingerprint density at radius 1 is 1.37 bits per heavy atom. The Hall–Kier alpha value is -1.69. The van der Waals surface area contributed by atoms with Gasteiger partial charge < -0.3 is 14.7 Å². The molecule has 2 heterocycles. The van der Waals surface area contributed by atoms with E-state index < -0.39 is 46.8 Å². The Bertz CT molecular complexity index is 923. The highest BCUT2D eigenvalue weighted by molar-refractivity contribution is 8.16. The van der Waals surface area contributed by atoms with Gasteiger partial charge in [-0.2, -0.15) is 4.99 Å². The normalized spacial score (nSPS) is 25.0. The van der Waals surface area contributed by atoms with Gasteiger partial charge in [-0.05, 0) is 18.2 Å². The van der Waals surface area contributed by atoms with Gasteiger partial charge in [-0.25, -0.2) is 17.6 Å². The molecule has 8 nitrogen and oxygen atoms in total. The van der Waals surface area contributed by atoms with E-state index in [2.05, 4.69) is 4.99 Å². The van der Waals surface area contributed by atoms with E-state index in [0.717, 1.165) is 17.8 Å². The van der Waals surface area contributed by atoms with Crippen molar-refractivity contribution in [1.29, 1.82) is 0 Å². The molecule has 146 valence electrons. The van der Waals surface area contributed by atoms with Crippen molar-refractivity contribution in [2.45, 2.75) is 11.3 Å². The van der Waals surface area contributed by atoms with Crippen molar-refractivity contribution in [3.8, 4) is 0 Å². The van der Waals surface area contributed by atoms with Gasteiger partial charge in [0.15, 0.2) is 15.0 Å². The summed E-state index contributed by atoms with van der Waals surface area (Å²) >= 11 is 6.82. The van der Waals surface area contributed by atoms with Gasteiger partial charge >= 0.3 is 5.97 Å². The van der Waals surface area contributed by atoms with Crippen LogP contribution in [-0.2, 0) is 24.2 Å². The van der Waals surface area contributed by atoms with Crippen LogP contribution in [0.15, 0.2) is 23.2 Å². The Morgan fingerprint density at radius 3 is 2.78 bits per heavy atom. The van der Waals surface area contributed by atoms with Crippen LogP contribution in [-0.4, -0.2) is 66.6 Å². The number of carboxylic acid groups (broad SMARTS) is 1. The number of sulfone groups is 1. The standard InChI is InChI=1S/C15H14ClFN2O6S2/c16-9-2-1-8(3-10(9)17)19-11-6-27(23,24)7-12(11)26-15(19)18-13(20)4-25-5-14(21)22/h1-3,11-12H,4-7H2,(H,21,22)/t11-,12+/m0/s1. The van der Waals surface area contributed by atoms with Gasteiger partial charge in [0.1, 0.15) is 19.0 Å². The molecule has 1 aromatic carbocycles. The summed E-state index contributed by atoms with van der Waals surface area (Å²) in [7, 11) is -3.25. The average Bonchev–Trinajstić information content (AvgIpc) is 3.00. The molecule has 2 atom stereocenters. The summed E-state index contributed by atoms with van der Waals surface area (Å²) in [6.45, 7) is -1.17. The number of benzene rings is 1. The molecule has 27 heavy (non-hydrogen) atoms. The molecule has 0 aromatic heterocycles. The fourth-order valence-corrected chi connectivity index (χ4v) is 6.91. The van der Waals surface area contributed by atoms with Gasteiger partial charge in [0.2, 0.25) is 0 Å². The van der Waals surface area contributed by atoms with Crippen molar-refractivity contribution >= 4 is 55.9 Å². The first-order chi connectivity index (χ1) is 12.7. The van der Waals surface area contributed by atoms with Crippen molar-refractivity contribution in [3.63, 3.8) is 0 Å². The Kier molecular flexibility index (Phi) is 5.75. The number of aliphatic imine (C=N–C) groups is 1. The Morgan fingerprint density at radius 2 is 2.11 bits per heavy atom. The van der Waals surface area contributed by atoms with Crippen molar-refractivity contribution < 1.29 is 32.2 Å². The molecule has 2 fully saturated rings. The van der Waals surface area contributed by atoms with Crippen LogP contribution in [0.1, 0.15) is 0 Å². The van der Waals surface area contributed by atoms with Crippen LogP contribution in [0.5, 0.6) is 0 Å². The Labute approximate surface area is 163 Å². The van der Waals surface area contributed by atoms with Crippen LogP contribution in [0.2, 0.25) is 5.02 Å². The van der Waals surface area contributed by atoms with Crippen molar-refractivity contribution in [1.82, 2.24) is 0 Å². The minimum atomic E-state index is -3.25. The summed E-state index contributed by atoms with van der Waals surface area (Å²) in [6, 6.07) is 3.51. The van der Waals surface area contributed by atoms with E-state index in [0.29, 0.717) is 5.69 Å². The third-order valence-electron chi connectivity index (χ3n) is 3.92. The number of rotatable bonds is 5. The van der Waals surface area contributed by atoms with Crippen LogP contribution in [0.25, 0.3) is 0 Å². The van der Waals surface area contributed by atoms with Crippen LogP contribution in [0.4, 0.5) is 10.1 Å². The largest absolute Gasteiger partial charge is 0.480 e. The van der Waals surface area contributed by atoms with Crippen molar-refractivity contribution in [2.24, 2.45) is 4.99 Å². The maximum atomic E-state index is 13.9. The zero-order chi connectivity index (χ0) is 19.8. The second kappa shape index (κ2) is 7.74. The van der Waals surface area contributed by atoms with E-state index in [1.807, 2.05) is 0 Å². The number of thioether (sulfide) groups is 1. The molecule has 1 N–H and O–H groups in total. The van der Waals surface area contributed by atoms with Gasteiger partial charge in [-0.15, -0.1) is 0 Å². The van der Waals surface area contributed by atoms with E-state index >= 15 is 0 Å². The van der Waals surface area contributed by atoms with Crippen LogP contribution in [0.3, 0.4) is 0 Å². The monoisotopic (exact) mass is 436 g/mol. The summed E-state index contributed by atoms with van der Waals surface area (Å²) in [5, 5.41) is 8.30. The number of carbonyl (C=O) groups excluding carboxylic acids is 1. The third-order valence-corrected chi connectivity index (χ3v) is 7.44. The summed E-state index contributed by atoms with van der Waals surface area (Å²) in [5.41, 5.74) is 0.326. The van der Waals surface area contributed by atoms with E-state index in [9.17, 15) is 22.4 Å². The lowest BCUT2D eigenvalue weighted by molar-refractivity contribution is -0.143. The molecule has 1 aromatic rings. The number of aliphatic carboxylic acids is 1. The van der Waals surface area contributed by atoms with Crippen LogP contribution >= 0.6 is 23.4 Å². The lowest BCUT2D eigenvalue weighted by atomic mass is 10.2. The van der Waals surface area contributed by atoms with Gasteiger partial charge in [-0.3, -0.25) is 4.79 Å². The molecule has 0 bridgehead atoms. The molecule has 2 aliphatic heterocycles. The molecule has 12 heteroatoms. The topological polar surface area (TPSA) is 113 Å². The second-order valence-electron chi connectivity index (χ2n) is 5.94. The van der Waals surface area contributed by atoms with E-state index in [1.54, 1.807) is 0 Å². The summed E-state index contributed by atoms with van der Waals surface area (Å²) in [6.07, 6.45) is 0. The number of amidine groups is 1. The van der Waals surface area contributed by atoms with Gasteiger partial charge in [0, 0.05) is 10.9 Å². The van der Waals surface area contributed by atoms with E-state index in [-0.39, 0.29) is 26.9 Å². The smallest absolute Gasteiger partial charge is 0.329 e. The highest BCUT2D eigenvalue weighted by Crippen LogP contribution is 2.41. The minimum Gasteiger partial charge on any atom is -0.480 e. The quantitative estimate of drug-likeness (QED) is 0.732. The SMILES string of the molecule is O=C(O)COCC(=O)N=C1S[C@@H]2CS(=O)(=O)C[C@@H]2N1c1ccc(Cl)c(F)c1. The molecule has 0 unspecified atom stereocenters. The second-order valence-corrected chi connectivity index (χ2v) is 9.71. The fraction of sp³-hybridized carbons (Fsp3) is 0.400. The predicted molar refractivity (Wildman–Crippen MR) is 98.6 cm³/mol. The highest BCUT2D eigenvalue weighted by Gasteiger charge is 2.49. The summed E-state index contributed by atoms with van der Waals surface area (Å²) < 4.78 is 42.5. The zero-order valence-electron chi connectivity index (χ0n) is 13.7. The zero-order valence-corrected chi connectivity index (χ0v) is 16.1. The average molecular weight is 437 g/mol. The van der Waals surface area contributed by atoms with E-state index in [1.165, 1.54) is 17.0 Å². The van der Waals surface area contributed by atoms with Gasteiger partial charge in [0.25, 0.3) is 5.91 Å². The molecule has 0 spiro atoms. The van der Waals surface area contributed by atoms with E-state index in [4.69, 9.17) is 21.4 Å². The summed E-state index contributed by atoms with van der Waals surface area (Å²) in [4.78, 5) is 27.8. The first kappa shape index (κ1) is 20.1. The number of amides is 1. The number of carbonyl (C=O) groups is 2. The molecule has 0 radical (unpaired) electrons. The van der Waals surface area contributed by atoms with Gasteiger partial charge in [-0.1, -0.05) is 23.4 Å². The maximum absolute atomic E-state index is 13.9. The lowest BCUT2D eigenvalue weighted by Gasteiger charge is -2.24. The Balaban J connectivity index is 1.88. The first-order valence-corrected chi connectivity index (χ1v) is 10.8. The lowest BCUT2D eigenvalue weighted by Crippen LogP contribution is -2.37. The predicted octanol–water partition coefficient (Wildman–Crippen LogP) is 1.18. The van der Waals surface area contributed by atoms with Crippen molar-refractivity contribution in [3.05, 3.63) is 29.0 Å². The molecule has 0 aliphatic carbocycles. The molecular formula is C15H14ClFN2O6S2. The van der Waals surface area contributed by atoms with Crippen molar-refractivity contribution in [2.75, 3.05) is 29.6 Å². The first-order valence-electron chi connectivity index (χ1n) is 7.69. The number of hydrogen-bond donors (Lipinski definition) is 1. The number of nitrogens with zero attached hydrogens (tertiary/aromatic N) is 2.